The van der Waals surface area contributed by atoms with Crippen molar-refractivity contribution in [3.8, 4) is 0 Å². The van der Waals surface area contributed by atoms with E-state index in [0.717, 1.165) is 11.1 Å². The largest absolute Gasteiger partial charge is 0.289 e. The summed E-state index contributed by atoms with van der Waals surface area (Å²) in [6, 6.07) is 34.2. The molecule has 0 amide bonds. The second-order valence-electron chi connectivity index (χ2n) is 7.23. The Morgan fingerprint density at radius 2 is 0.844 bits per heavy atom. The van der Waals surface area contributed by atoms with Crippen LogP contribution in [0.25, 0.3) is 23.3 Å². The fourth-order valence-corrected chi connectivity index (χ4v) is 3.94. The molecule has 0 N–H and O–H groups in total. The summed E-state index contributed by atoms with van der Waals surface area (Å²) in [4.78, 5) is 14.1. The van der Waals surface area contributed by atoms with Crippen molar-refractivity contribution in [2.24, 2.45) is 0 Å². The lowest BCUT2D eigenvalue weighted by atomic mass is 9.90. The highest BCUT2D eigenvalue weighted by atomic mass is 35.5. The van der Waals surface area contributed by atoms with Crippen LogP contribution in [0.4, 0.5) is 0 Å². The molecule has 0 aliphatic rings. The lowest BCUT2D eigenvalue weighted by Gasteiger charge is -2.14. The molecular formula is C29H20Cl2O. The summed E-state index contributed by atoms with van der Waals surface area (Å²) in [6.45, 7) is 0. The van der Waals surface area contributed by atoms with Gasteiger partial charge in [-0.1, -0.05) is 120 Å². The first-order valence-electron chi connectivity index (χ1n) is 10.2. The van der Waals surface area contributed by atoms with Crippen LogP contribution in [0.1, 0.15) is 22.3 Å². The van der Waals surface area contributed by atoms with E-state index < -0.39 is 0 Å². The molecule has 0 atom stereocenters. The van der Waals surface area contributed by atoms with E-state index in [0.29, 0.717) is 32.3 Å². The summed E-state index contributed by atoms with van der Waals surface area (Å²) in [5.74, 6) is -0.154. The lowest BCUT2D eigenvalue weighted by Crippen LogP contribution is -2.06. The summed E-state index contributed by atoms with van der Waals surface area (Å²) in [6.07, 6.45) is 3.75. The van der Waals surface area contributed by atoms with Gasteiger partial charge in [-0.05, 0) is 35.4 Å². The molecule has 0 radical (unpaired) electrons. The highest BCUT2D eigenvalue weighted by Crippen LogP contribution is 2.34. The third kappa shape index (κ3) is 5.08. The maximum atomic E-state index is 14.1. The Labute approximate surface area is 198 Å². The van der Waals surface area contributed by atoms with Crippen molar-refractivity contribution in [3.63, 3.8) is 0 Å². The van der Waals surface area contributed by atoms with Crippen molar-refractivity contribution in [2.75, 3.05) is 0 Å². The van der Waals surface area contributed by atoms with E-state index in [4.69, 9.17) is 23.2 Å². The molecular weight excluding hydrogens is 435 g/mol. The zero-order valence-corrected chi connectivity index (χ0v) is 18.7. The van der Waals surface area contributed by atoms with Crippen LogP contribution in [0.3, 0.4) is 0 Å². The van der Waals surface area contributed by atoms with Gasteiger partial charge in [0.15, 0.2) is 5.78 Å². The Hall–Kier alpha value is -3.39. The van der Waals surface area contributed by atoms with Gasteiger partial charge in [-0.25, -0.2) is 0 Å². The Morgan fingerprint density at radius 1 is 0.500 bits per heavy atom. The number of Topliss-reactive ketones (excluding diaryl/α,β-unsaturated/α-hetero) is 1. The Bertz CT molecular complexity index is 1190. The quantitative estimate of drug-likeness (QED) is 0.211. The summed E-state index contributed by atoms with van der Waals surface area (Å²) in [7, 11) is 0. The minimum absolute atomic E-state index is 0.154. The van der Waals surface area contributed by atoms with E-state index >= 15 is 0 Å². The fourth-order valence-electron chi connectivity index (χ4n) is 3.47. The molecule has 0 aliphatic heterocycles. The zero-order valence-electron chi connectivity index (χ0n) is 17.2. The van der Waals surface area contributed by atoms with E-state index in [1.165, 1.54) is 0 Å². The van der Waals surface area contributed by atoms with Crippen molar-refractivity contribution < 1.29 is 4.79 Å². The van der Waals surface area contributed by atoms with Crippen LogP contribution >= 0.6 is 23.2 Å². The smallest absolute Gasteiger partial charge is 0.194 e. The normalized spacial score (nSPS) is 11.9. The number of carbonyl (C=O) groups excluding carboxylic acids is 1. The molecule has 4 aromatic carbocycles. The topological polar surface area (TPSA) is 17.1 Å². The van der Waals surface area contributed by atoms with Crippen molar-refractivity contribution in [2.45, 2.75) is 0 Å². The first kappa shape index (κ1) is 21.8. The standard InChI is InChI=1S/C29H20Cl2O/c30-27-17-9-7-15-23(27)25(19-21-11-3-1-4-12-21)29(32)26(20-22-13-5-2-6-14-22)24-16-8-10-18-28(24)31/h1-20H. The molecule has 0 heterocycles. The molecule has 32 heavy (non-hydrogen) atoms. The van der Waals surface area contributed by atoms with Gasteiger partial charge in [-0.2, -0.15) is 0 Å². The zero-order chi connectivity index (χ0) is 22.3. The minimum Gasteiger partial charge on any atom is -0.289 e. The molecule has 4 rings (SSSR count). The van der Waals surface area contributed by atoms with Gasteiger partial charge in [0.05, 0.1) is 0 Å². The van der Waals surface area contributed by atoms with Crippen molar-refractivity contribution in [1.82, 2.24) is 0 Å². The van der Waals surface area contributed by atoms with Crippen LogP contribution in [0.15, 0.2) is 109 Å². The molecule has 0 bridgehead atoms. The minimum atomic E-state index is -0.154. The molecule has 3 heteroatoms. The molecule has 0 aromatic heterocycles. The van der Waals surface area contributed by atoms with Crippen LogP contribution < -0.4 is 0 Å². The maximum absolute atomic E-state index is 14.1. The number of halogens is 2. The van der Waals surface area contributed by atoms with Gasteiger partial charge >= 0.3 is 0 Å². The molecule has 156 valence electrons. The first-order valence-corrected chi connectivity index (χ1v) is 11.0. The molecule has 0 unspecified atom stereocenters. The number of hydrogen-bond donors (Lipinski definition) is 0. The number of carbonyl (C=O) groups is 1. The second-order valence-corrected chi connectivity index (χ2v) is 8.04. The van der Waals surface area contributed by atoms with Gasteiger partial charge in [0.2, 0.25) is 0 Å². The Balaban J connectivity index is 1.93. The number of allylic oxidation sites excluding steroid dienone is 2. The Morgan fingerprint density at radius 3 is 1.22 bits per heavy atom. The molecule has 0 saturated heterocycles. The summed E-state index contributed by atoms with van der Waals surface area (Å²) >= 11 is 13.1. The molecule has 1 nitrogen and oxygen atoms in total. The third-order valence-corrected chi connectivity index (χ3v) is 5.70. The van der Waals surface area contributed by atoms with Gasteiger partial charge in [-0.3, -0.25) is 4.79 Å². The van der Waals surface area contributed by atoms with Crippen LogP contribution in [0.5, 0.6) is 0 Å². The Kier molecular flexibility index (Phi) is 7.01. The van der Waals surface area contributed by atoms with Gasteiger partial charge in [0, 0.05) is 32.3 Å². The molecule has 0 spiro atoms. The number of benzene rings is 4. The third-order valence-electron chi connectivity index (χ3n) is 5.04. The van der Waals surface area contributed by atoms with Crippen molar-refractivity contribution >= 4 is 52.3 Å². The van der Waals surface area contributed by atoms with Crippen LogP contribution in [0.2, 0.25) is 10.0 Å². The molecule has 0 saturated carbocycles. The van der Waals surface area contributed by atoms with Gasteiger partial charge < -0.3 is 0 Å². The van der Waals surface area contributed by atoms with E-state index in [1.807, 2.05) is 109 Å². The fraction of sp³-hybridized carbons (Fsp3) is 0. The number of ketones is 1. The van der Waals surface area contributed by atoms with E-state index in [2.05, 4.69) is 0 Å². The SMILES string of the molecule is O=C(C(=Cc1ccccc1)c1ccccc1Cl)C(=Cc1ccccc1)c1ccccc1Cl. The van der Waals surface area contributed by atoms with Crippen LogP contribution in [0, 0.1) is 0 Å². The summed E-state index contributed by atoms with van der Waals surface area (Å²) in [5.41, 5.74) is 4.18. The van der Waals surface area contributed by atoms with Gasteiger partial charge in [-0.15, -0.1) is 0 Å². The molecule has 4 aromatic rings. The number of hydrogen-bond acceptors (Lipinski definition) is 1. The summed E-state index contributed by atoms with van der Waals surface area (Å²) < 4.78 is 0. The predicted octanol–water partition coefficient (Wildman–Crippen LogP) is 8.34. The monoisotopic (exact) mass is 454 g/mol. The highest BCUT2D eigenvalue weighted by molar-refractivity contribution is 6.49. The average Bonchev–Trinajstić information content (AvgIpc) is 2.83. The van der Waals surface area contributed by atoms with Crippen LogP contribution in [-0.4, -0.2) is 5.78 Å². The van der Waals surface area contributed by atoms with Crippen molar-refractivity contribution in [1.29, 1.82) is 0 Å². The second kappa shape index (κ2) is 10.3. The van der Waals surface area contributed by atoms with Gasteiger partial charge in [0.1, 0.15) is 0 Å². The first-order chi connectivity index (χ1) is 15.6. The molecule has 0 aliphatic carbocycles. The van der Waals surface area contributed by atoms with Crippen molar-refractivity contribution in [3.05, 3.63) is 141 Å². The lowest BCUT2D eigenvalue weighted by molar-refractivity contribution is -0.108. The van der Waals surface area contributed by atoms with E-state index in [9.17, 15) is 4.79 Å². The van der Waals surface area contributed by atoms with E-state index in [1.54, 1.807) is 12.1 Å². The number of rotatable bonds is 6. The maximum Gasteiger partial charge on any atom is 0.194 e. The summed E-state index contributed by atoms with van der Waals surface area (Å²) in [5, 5.41) is 1.03. The van der Waals surface area contributed by atoms with Gasteiger partial charge in [0.25, 0.3) is 0 Å². The molecule has 0 fully saturated rings. The van der Waals surface area contributed by atoms with Crippen LogP contribution in [-0.2, 0) is 4.79 Å². The highest BCUT2D eigenvalue weighted by Gasteiger charge is 2.22. The predicted molar refractivity (Wildman–Crippen MR) is 137 cm³/mol. The average molecular weight is 455 g/mol. The van der Waals surface area contributed by atoms with E-state index in [-0.39, 0.29) is 5.78 Å².